The predicted molar refractivity (Wildman–Crippen MR) is 320 cm³/mol. The van der Waals surface area contributed by atoms with Gasteiger partial charge < -0.3 is 0 Å². The van der Waals surface area contributed by atoms with Crippen LogP contribution in [0.4, 0.5) is 0 Å². The lowest BCUT2D eigenvalue weighted by molar-refractivity contribution is 0.595. The molecular weight excluding hydrogens is 886 g/mol. The van der Waals surface area contributed by atoms with Crippen molar-refractivity contribution in [3.63, 3.8) is 0 Å². The van der Waals surface area contributed by atoms with Crippen LogP contribution in [0.2, 0.25) is 0 Å². The number of hydrogen-bond donors (Lipinski definition) is 0. The van der Waals surface area contributed by atoms with E-state index < -0.39 is 0 Å². The molecule has 0 saturated carbocycles. The van der Waals surface area contributed by atoms with Crippen LogP contribution in [-0.2, 0) is 10.8 Å². The average molecular weight is 939 g/mol. The fourth-order valence-corrected chi connectivity index (χ4v) is 14.5. The highest BCUT2D eigenvalue weighted by Crippen LogP contribution is 2.52. The Morgan fingerprint density at radius 1 is 0.243 bits per heavy atom. The second-order valence-corrected chi connectivity index (χ2v) is 23.9. The number of fused-ring (bicyclic) bond motifs is 10. The van der Waals surface area contributed by atoms with Gasteiger partial charge in [-0.15, -0.1) is 0 Å². The van der Waals surface area contributed by atoms with Crippen molar-refractivity contribution < 1.29 is 0 Å². The minimum atomic E-state index is -0.146. The molecule has 0 bridgehead atoms. The highest BCUT2D eigenvalue weighted by Gasteiger charge is 2.46. The predicted octanol–water partition coefficient (Wildman–Crippen LogP) is 14.8. The van der Waals surface area contributed by atoms with Gasteiger partial charge in [0.05, 0.1) is 0 Å². The van der Waals surface area contributed by atoms with Crippen LogP contribution >= 0.6 is 0 Å². The van der Waals surface area contributed by atoms with Crippen LogP contribution in [0.25, 0.3) is 121 Å². The summed E-state index contributed by atoms with van der Waals surface area (Å²) < 4.78 is 0. The Bertz CT molecular complexity index is 4110. The molecule has 0 spiro atoms. The molecule has 0 aromatic heterocycles. The van der Waals surface area contributed by atoms with E-state index in [0.717, 1.165) is 0 Å². The van der Waals surface area contributed by atoms with E-state index in [4.69, 9.17) is 0 Å². The second-order valence-electron chi connectivity index (χ2n) is 23.9. The maximum atomic E-state index is 2.70. The topological polar surface area (TPSA) is 0 Å². The lowest BCUT2D eigenvalue weighted by Gasteiger charge is -2.35. The van der Waals surface area contributed by atoms with Gasteiger partial charge in [0.1, 0.15) is 0 Å². The lowest BCUT2D eigenvalue weighted by atomic mass is 9.34. The van der Waals surface area contributed by atoms with E-state index in [9.17, 15) is 0 Å². The zero-order chi connectivity index (χ0) is 49.5. The Balaban J connectivity index is 1.07. The highest BCUT2D eigenvalue weighted by atomic mass is 14.4. The van der Waals surface area contributed by atoms with Crippen molar-refractivity contribution in [2.45, 2.75) is 52.4 Å². The Kier molecular flexibility index (Phi) is 8.43. The van der Waals surface area contributed by atoms with Gasteiger partial charge in [-0.25, -0.2) is 0 Å². The molecule has 0 fully saturated rings. The van der Waals surface area contributed by atoms with E-state index >= 15 is 0 Å². The van der Waals surface area contributed by atoms with Gasteiger partial charge in [-0.05, 0) is 192 Å². The van der Waals surface area contributed by atoms with Crippen LogP contribution in [0.5, 0.6) is 0 Å². The fraction of sp³-hybridized carbons (Fsp3) is 0.111. The van der Waals surface area contributed by atoms with Gasteiger partial charge in [-0.3, -0.25) is 0 Å². The van der Waals surface area contributed by atoms with Gasteiger partial charge in [-0.2, -0.15) is 0 Å². The fourth-order valence-electron chi connectivity index (χ4n) is 14.5. The lowest BCUT2D eigenvalue weighted by Crippen LogP contribution is -2.53. The third-order valence-corrected chi connectivity index (χ3v) is 17.7. The quantitative estimate of drug-likeness (QED) is 0.122. The van der Waals surface area contributed by atoms with Gasteiger partial charge in [-0.1, -0.05) is 232 Å². The molecule has 0 nitrogen and oxygen atoms in total. The number of hydrogen-bond acceptors (Lipinski definition) is 0. The summed E-state index contributed by atoms with van der Waals surface area (Å²) in [6.07, 6.45) is 0. The summed E-state index contributed by atoms with van der Waals surface area (Å²) in [6, 6.07) is 79.5. The zero-order valence-electron chi connectivity index (χ0n) is 42.8. The molecule has 0 unspecified atom stereocenters. The molecule has 0 N–H and O–H groups in total. The molecule has 74 heavy (non-hydrogen) atoms. The SMILES string of the molecule is CC(C)(C)c1cc2c3c(cc4c(C(C)(C)C)cc5c6c(cc1c3c46)B1c3ccc(-c4ccccc4)cc3-c3cc(-c4ccccc4)cc-5c31)B1c3ccc(-c4ccccc4)cc3-c3cc(-c4ccccc4)cc-2c31. The molecule has 4 aliphatic rings. The molecule has 346 valence electrons. The maximum absolute atomic E-state index is 2.70. The first-order chi connectivity index (χ1) is 36.0. The molecule has 0 radical (unpaired) electrons. The van der Waals surface area contributed by atoms with Crippen molar-refractivity contribution in [2.24, 2.45) is 0 Å². The smallest absolute Gasteiger partial charge is 0.0657 e. The normalized spacial score (nSPS) is 13.5. The summed E-state index contributed by atoms with van der Waals surface area (Å²) in [7, 11) is 0. The standard InChI is InChI=1S/C72H52B2/c1-71(2,3)59-37-51-55-35-47(43-23-15-9-16-24-43)33-53-49-31-46(42-21-13-8-14-22-42)28-30-62(49)74(69(53)55)64-40-58-60(72(4,5)6)38-52-56-36-48(44-25-17-10-18-26-44)34-54-50-32-45(41-19-11-7-12-20-41)27-29-61(50)73(70(54)56)63-39-57(59)67(65(51)64)68(58)66(52)63/h7-40H,1-6H3. The third-order valence-electron chi connectivity index (χ3n) is 17.7. The van der Waals surface area contributed by atoms with Crippen molar-refractivity contribution in [2.75, 3.05) is 0 Å². The Morgan fingerprint density at radius 3 is 0.892 bits per heavy atom. The monoisotopic (exact) mass is 938 g/mol. The van der Waals surface area contributed by atoms with Crippen molar-refractivity contribution in [1.29, 1.82) is 0 Å². The summed E-state index contributed by atoms with van der Waals surface area (Å²) in [4.78, 5) is 0. The van der Waals surface area contributed by atoms with Crippen LogP contribution in [0.3, 0.4) is 0 Å². The molecule has 16 rings (SSSR count). The molecular formula is C72H52B2. The minimum Gasteiger partial charge on any atom is -0.0657 e. The van der Waals surface area contributed by atoms with Crippen molar-refractivity contribution in [3.8, 4) is 89.0 Å². The van der Waals surface area contributed by atoms with E-state index in [0.29, 0.717) is 0 Å². The second kappa shape index (κ2) is 14.7. The molecule has 12 aromatic rings. The van der Waals surface area contributed by atoms with E-state index in [1.54, 1.807) is 0 Å². The van der Waals surface area contributed by atoms with E-state index in [2.05, 4.69) is 248 Å². The summed E-state index contributed by atoms with van der Waals surface area (Å²) in [5, 5.41) is 8.56. The average Bonchev–Trinajstić information content (AvgIpc) is 3.95. The third kappa shape index (κ3) is 5.72. The maximum Gasteiger partial charge on any atom is 0.244 e. The first kappa shape index (κ1) is 42.3. The van der Waals surface area contributed by atoms with Gasteiger partial charge >= 0.3 is 0 Å². The number of rotatable bonds is 4. The molecule has 0 aliphatic carbocycles. The van der Waals surface area contributed by atoms with Crippen LogP contribution in [-0.4, -0.2) is 13.4 Å². The first-order valence-electron chi connectivity index (χ1n) is 26.7. The minimum absolute atomic E-state index is 0.0985. The van der Waals surface area contributed by atoms with E-state index in [1.807, 2.05) is 0 Å². The molecule has 4 aliphatic heterocycles. The van der Waals surface area contributed by atoms with Gasteiger partial charge in [0, 0.05) is 0 Å². The molecule has 4 heterocycles. The Labute approximate surface area is 434 Å². The van der Waals surface area contributed by atoms with Gasteiger partial charge in [0.2, 0.25) is 13.4 Å². The van der Waals surface area contributed by atoms with Crippen LogP contribution in [0, 0.1) is 0 Å². The van der Waals surface area contributed by atoms with Crippen LogP contribution in [0.1, 0.15) is 52.7 Å². The van der Waals surface area contributed by atoms with Gasteiger partial charge in [0.15, 0.2) is 0 Å². The summed E-state index contributed by atoms with van der Waals surface area (Å²) in [6.45, 7) is 14.8. The molecule has 0 atom stereocenters. The van der Waals surface area contributed by atoms with E-state index in [-0.39, 0.29) is 24.3 Å². The van der Waals surface area contributed by atoms with Gasteiger partial charge in [0.25, 0.3) is 0 Å². The first-order valence-corrected chi connectivity index (χ1v) is 26.7. The van der Waals surface area contributed by atoms with Crippen LogP contribution < -0.4 is 32.8 Å². The molecule has 0 amide bonds. The highest BCUT2D eigenvalue weighted by molar-refractivity contribution is 7.03. The zero-order valence-corrected chi connectivity index (χ0v) is 42.8. The number of benzene rings is 12. The van der Waals surface area contributed by atoms with Crippen LogP contribution in [0.15, 0.2) is 206 Å². The van der Waals surface area contributed by atoms with Crippen molar-refractivity contribution >= 4 is 78.5 Å². The Morgan fingerprint density at radius 2 is 0.554 bits per heavy atom. The summed E-state index contributed by atoms with van der Waals surface area (Å²) >= 11 is 0. The van der Waals surface area contributed by atoms with E-state index in [1.165, 1.54) is 165 Å². The van der Waals surface area contributed by atoms with Crippen molar-refractivity contribution in [3.05, 3.63) is 217 Å². The summed E-state index contributed by atoms with van der Waals surface area (Å²) in [5.41, 5.74) is 32.2. The van der Waals surface area contributed by atoms with Crippen molar-refractivity contribution in [1.82, 2.24) is 0 Å². The molecule has 0 saturated heterocycles. The largest absolute Gasteiger partial charge is 0.244 e. The molecule has 2 heteroatoms. The summed E-state index contributed by atoms with van der Waals surface area (Å²) in [5.74, 6) is 0. The Hall–Kier alpha value is -8.19. The molecule has 12 aromatic carbocycles.